The number of hydrogen-bond acceptors (Lipinski definition) is 3. The van der Waals surface area contributed by atoms with Gasteiger partial charge in [0.15, 0.2) is 0 Å². The van der Waals surface area contributed by atoms with Crippen LogP contribution in [-0.2, 0) is 4.74 Å². The van der Waals surface area contributed by atoms with E-state index in [-0.39, 0.29) is 17.5 Å². The molecule has 1 saturated carbocycles. The van der Waals surface area contributed by atoms with Gasteiger partial charge in [0.05, 0.1) is 11.6 Å². The first kappa shape index (κ1) is 15.4. The molecule has 2 aliphatic heterocycles. The Bertz CT molecular complexity index is 550. The van der Waals surface area contributed by atoms with Crippen molar-refractivity contribution in [1.82, 2.24) is 4.90 Å². The van der Waals surface area contributed by atoms with E-state index < -0.39 is 0 Å². The van der Waals surface area contributed by atoms with E-state index in [1.54, 1.807) is 6.07 Å². The molecule has 0 radical (unpaired) electrons. The normalized spacial score (nSPS) is 28.3. The molecule has 1 aromatic rings. The molecule has 4 rings (SSSR count). The number of methoxy groups -OCH3 is 1. The minimum absolute atomic E-state index is 0.0671. The number of anilines is 1. The minimum Gasteiger partial charge on any atom is -0.377 e. The fourth-order valence-corrected chi connectivity index (χ4v) is 5.02. The third-order valence-electron chi connectivity index (χ3n) is 6.39. The summed E-state index contributed by atoms with van der Waals surface area (Å²) in [5, 5.41) is 0. The van der Waals surface area contributed by atoms with E-state index in [1.807, 2.05) is 19.2 Å². The van der Waals surface area contributed by atoms with Gasteiger partial charge < -0.3 is 14.5 Å². The monoisotopic (exact) mass is 318 g/mol. The van der Waals surface area contributed by atoms with Crippen LogP contribution < -0.4 is 4.90 Å². The van der Waals surface area contributed by atoms with Gasteiger partial charge in [0.1, 0.15) is 5.82 Å². The molecule has 0 aromatic heterocycles. The molecule has 0 amide bonds. The standard InChI is InChI=1S/C19H27FN2O/c1-23-18-14-22(17-8-4-5-15(20)13-17)19(18)9-11-21(12-10-19)16-6-2-3-7-16/h4-5,8,13,16,18H,2-3,6-7,9-12,14H2,1H3. The van der Waals surface area contributed by atoms with Crippen LogP contribution >= 0.6 is 0 Å². The van der Waals surface area contributed by atoms with Gasteiger partial charge in [-0.25, -0.2) is 4.39 Å². The average molecular weight is 318 g/mol. The van der Waals surface area contributed by atoms with E-state index in [1.165, 1.54) is 31.7 Å². The first-order chi connectivity index (χ1) is 11.2. The van der Waals surface area contributed by atoms with Crippen LogP contribution in [0.4, 0.5) is 10.1 Å². The zero-order valence-electron chi connectivity index (χ0n) is 14.0. The second kappa shape index (κ2) is 6.06. The summed E-state index contributed by atoms with van der Waals surface area (Å²) < 4.78 is 19.4. The number of nitrogens with zero attached hydrogens (tertiary/aromatic N) is 2. The van der Waals surface area contributed by atoms with Crippen molar-refractivity contribution in [1.29, 1.82) is 0 Å². The maximum absolute atomic E-state index is 13.6. The minimum atomic E-state index is -0.151. The summed E-state index contributed by atoms with van der Waals surface area (Å²) in [5.74, 6) is -0.151. The smallest absolute Gasteiger partial charge is 0.125 e. The molecule has 3 aliphatic rings. The summed E-state index contributed by atoms with van der Waals surface area (Å²) in [6, 6.07) is 7.83. The highest BCUT2D eigenvalue weighted by atomic mass is 19.1. The predicted molar refractivity (Wildman–Crippen MR) is 90.3 cm³/mol. The SMILES string of the molecule is COC1CN(c2cccc(F)c2)C12CCN(C1CCCC1)CC2. The van der Waals surface area contributed by atoms with Crippen molar-refractivity contribution in [2.24, 2.45) is 0 Å². The van der Waals surface area contributed by atoms with Crippen molar-refractivity contribution in [2.45, 2.75) is 56.2 Å². The van der Waals surface area contributed by atoms with E-state index in [0.29, 0.717) is 0 Å². The van der Waals surface area contributed by atoms with Gasteiger partial charge in [-0.15, -0.1) is 0 Å². The van der Waals surface area contributed by atoms with Gasteiger partial charge in [0.2, 0.25) is 0 Å². The van der Waals surface area contributed by atoms with Crippen LogP contribution in [0.1, 0.15) is 38.5 Å². The number of halogens is 1. The van der Waals surface area contributed by atoms with Crippen molar-refractivity contribution < 1.29 is 9.13 Å². The van der Waals surface area contributed by atoms with Crippen LogP contribution in [0.15, 0.2) is 24.3 Å². The lowest BCUT2D eigenvalue weighted by molar-refractivity contribution is -0.0511. The van der Waals surface area contributed by atoms with Gasteiger partial charge in [0, 0.05) is 38.5 Å². The molecular formula is C19H27FN2O. The van der Waals surface area contributed by atoms with E-state index in [0.717, 1.165) is 44.2 Å². The molecule has 23 heavy (non-hydrogen) atoms. The molecule has 1 unspecified atom stereocenters. The van der Waals surface area contributed by atoms with Crippen molar-refractivity contribution in [3.05, 3.63) is 30.1 Å². The third-order valence-corrected chi connectivity index (χ3v) is 6.39. The van der Waals surface area contributed by atoms with Crippen LogP contribution in [0.2, 0.25) is 0 Å². The summed E-state index contributed by atoms with van der Waals surface area (Å²) in [7, 11) is 1.82. The molecule has 0 bridgehead atoms. The number of hydrogen-bond donors (Lipinski definition) is 0. The molecule has 3 fully saturated rings. The van der Waals surface area contributed by atoms with Gasteiger partial charge in [0.25, 0.3) is 0 Å². The molecule has 126 valence electrons. The summed E-state index contributed by atoms with van der Waals surface area (Å²) in [6.45, 7) is 3.18. The number of ether oxygens (including phenoxy) is 1. The Kier molecular flexibility index (Phi) is 4.06. The largest absolute Gasteiger partial charge is 0.377 e. The maximum Gasteiger partial charge on any atom is 0.125 e. The van der Waals surface area contributed by atoms with E-state index in [2.05, 4.69) is 9.80 Å². The Morgan fingerprint density at radius 3 is 2.57 bits per heavy atom. The fraction of sp³-hybridized carbons (Fsp3) is 0.684. The molecular weight excluding hydrogens is 291 g/mol. The van der Waals surface area contributed by atoms with Crippen LogP contribution in [0, 0.1) is 5.82 Å². The van der Waals surface area contributed by atoms with E-state index in [4.69, 9.17) is 4.74 Å². The third kappa shape index (κ3) is 2.56. The lowest BCUT2D eigenvalue weighted by atomic mass is 9.73. The lowest BCUT2D eigenvalue weighted by Crippen LogP contribution is -2.74. The van der Waals surface area contributed by atoms with Gasteiger partial charge >= 0.3 is 0 Å². The van der Waals surface area contributed by atoms with Gasteiger partial charge in [-0.3, -0.25) is 0 Å². The quantitative estimate of drug-likeness (QED) is 0.849. The van der Waals surface area contributed by atoms with Gasteiger partial charge in [-0.2, -0.15) is 0 Å². The first-order valence-corrected chi connectivity index (χ1v) is 9.03. The Labute approximate surface area is 138 Å². The summed E-state index contributed by atoms with van der Waals surface area (Å²) in [6.07, 6.45) is 8.04. The molecule has 2 saturated heterocycles. The maximum atomic E-state index is 13.6. The number of piperidine rings is 1. The van der Waals surface area contributed by atoms with Gasteiger partial charge in [-0.1, -0.05) is 18.9 Å². The topological polar surface area (TPSA) is 15.7 Å². The molecule has 2 heterocycles. The predicted octanol–water partition coefficient (Wildman–Crippen LogP) is 3.44. The Morgan fingerprint density at radius 2 is 1.91 bits per heavy atom. The highest BCUT2D eigenvalue weighted by Crippen LogP contribution is 2.45. The summed E-state index contributed by atoms with van der Waals surface area (Å²) in [4.78, 5) is 5.07. The zero-order valence-corrected chi connectivity index (χ0v) is 14.0. The molecule has 1 aromatic carbocycles. The zero-order chi connectivity index (χ0) is 15.9. The van der Waals surface area contributed by atoms with E-state index in [9.17, 15) is 4.39 Å². The van der Waals surface area contributed by atoms with Crippen LogP contribution in [0.3, 0.4) is 0 Å². The molecule has 0 N–H and O–H groups in total. The Balaban J connectivity index is 1.50. The van der Waals surface area contributed by atoms with Crippen molar-refractivity contribution >= 4 is 5.69 Å². The van der Waals surface area contributed by atoms with Gasteiger partial charge in [-0.05, 0) is 43.9 Å². The Morgan fingerprint density at radius 1 is 1.17 bits per heavy atom. The van der Waals surface area contributed by atoms with E-state index >= 15 is 0 Å². The number of benzene rings is 1. The second-order valence-electron chi connectivity index (χ2n) is 7.39. The first-order valence-electron chi connectivity index (χ1n) is 9.03. The molecule has 3 nitrogen and oxygen atoms in total. The van der Waals surface area contributed by atoms with Crippen LogP contribution in [-0.4, -0.2) is 49.3 Å². The summed E-state index contributed by atoms with van der Waals surface area (Å²) >= 11 is 0. The Hall–Kier alpha value is -1.13. The van der Waals surface area contributed by atoms with Crippen molar-refractivity contribution in [3.63, 3.8) is 0 Å². The average Bonchev–Trinajstić information content (AvgIpc) is 3.09. The number of rotatable bonds is 3. The van der Waals surface area contributed by atoms with Crippen molar-refractivity contribution in [3.8, 4) is 0 Å². The molecule has 1 spiro atoms. The van der Waals surface area contributed by atoms with Crippen molar-refractivity contribution in [2.75, 3.05) is 31.6 Å². The molecule has 1 atom stereocenters. The highest BCUT2D eigenvalue weighted by molar-refractivity contribution is 5.54. The highest BCUT2D eigenvalue weighted by Gasteiger charge is 2.55. The molecule has 1 aliphatic carbocycles. The fourth-order valence-electron chi connectivity index (χ4n) is 5.02. The number of likely N-dealkylation sites (tertiary alicyclic amines) is 1. The lowest BCUT2D eigenvalue weighted by Gasteiger charge is -2.62. The van der Waals surface area contributed by atoms with Crippen LogP contribution in [0.5, 0.6) is 0 Å². The second-order valence-corrected chi connectivity index (χ2v) is 7.39. The summed E-state index contributed by atoms with van der Waals surface area (Å²) in [5.41, 5.74) is 1.07. The molecule has 4 heteroatoms. The van der Waals surface area contributed by atoms with Crippen LogP contribution in [0.25, 0.3) is 0 Å².